The summed E-state index contributed by atoms with van der Waals surface area (Å²) in [7, 11) is -2.31. The molecule has 0 radical (unpaired) electrons. The molecular weight excluding hydrogens is 301 g/mol. The van der Waals surface area contributed by atoms with E-state index in [1.165, 1.54) is 34.8 Å². The molecule has 2 N–H and O–H groups in total. The Kier molecular flexibility index (Phi) is 4.07. The third kappa shape index (κ3) is 2.82. The van der Waals surface area contributed by atoms with Gasteiger partial charge in [-0.25, -0.2) is 17.8 Å². The molecule has 0 spiro atoms. The maximum absolute atomic E-state index is 13.4. The highest BCUT2D eigenvalue weighted by atomic mass is 32.2. The van der Waals surface area contributed by atoms with Gasteiger partial charge in [0.1, 0.15) is 5.82 Å². The van der Waals surface area contributed by atoms with E-state index in [1.807, 2.05) is 6.92 Å². The number of nitrogens with zero attached hydrogens (tertiary/aromatic N) is 2. The predicted octanol–water partition coefficient (Wildman–Crippen LogP) is 1.99. The highest BCUT2D eigenvalue weighted by molar-refractivity contribution is 7.89. The Morgan fingerprint density at radius 3 is 2.70 bits per heavy atom. The standard InChI is InChI=1S/C12H14FN3O2S2/c1-8-12(19-7-15-8)6-16(2)20(17,18)9-3-4-11(14)10(13)5-9/h3-5,7H,6,14H2,1-2H3. The molecule has 8 heteroatoms. The zero-order valence-electron chi connectivity index (χ0n) is 11.0. The van der Waals surface area contributed by atoms with Crippen molar-refractivity contribution in [2.75, 3.05) is 12.8 Å². The number of sulfonamides is 1. The third-order valence-electron chi connectivity index (χ3n) is 2.89. The van der Waals surface area contributed by atoms with Gasteiger partial charge in [-0.15, -0.1) is 11.3 Å². The number of nitrogens with two attached hydrogens (primary N) is 1. The zero-order valence-corrected chi connectivity index (χ0v) is 12.6. The minimum Gasteiger partial charge on any atom is -0.396 e. The summed E-state index contributed by atoms with van der Waals surface area (Å²) in [6.45, 7) is 2.01. The molecule has 0 bridgehead atoms. The lowest BCUT2D eigenvalue weighted by Gasteiger charge is -2.17. The van der Waals surface area contributed by atoms with Crippen molar-refractivity contribution in [3.63, 3.8) is 0 Å². The van der Waals surface area contributed by atoms with E-state index in [9.17, 15) is 12.8 Å². The fraction of sp³-hybridized carbons (Fsp3) is 0.250. The predicted molar refractivity (Wildman–Crippen MR) is 76.3 cm³/mol. The Balaban J connectivity index is 2.29. The molecule has 1 aromatic heterocycles. The molecule has 1 heterocycles. The van der Waals surface area contributed by atoms with Crippen molar-refractivity contribution < 1.29 is 12.8 Å². The number of hydrogen-bond acceptors (Lipinski definition) is 5. The maximum atomic E-state index is 13.4. The Bertz CT molecular complexity index is 728. The van der Waals surface area contributed by atoms with Gasteiger partial charge in [-0.05, 0) is 25.1 Å². The van der Waals surface area contributed by atoms with Gasteiger partial charge < -0.3 is 5.73 Å². The van der Waals surface area contributed by atoms with Crippen LogP contribution in [-0.4, -0.2) is 24.8 Å². The summed E-state index contributed by atoms with van der Waals surface area (Å²) in [4.78, 5) is 4.81. The van der Waals surface area contributed by atoms with Crippen molar-refractivity contribution in [1.29, 1.82) is 0 Å². The first kappa shape index (κ1) is 14.9. The number of hydrogen-bond donors (Lipinski definition) is 1. The minimum absolute atomic E-state index is 0.0788. The van der Waals surface area contributed by atoms with Gasteiger partial charge in [-0.1, -0.05) is 0 Å². The van der Waals surface area contributed by atoms with Crippen molar-refractivity contribution in [2.45, 2.75) is 18.4 Å². The lowest BCUT2D eigenvalue weighted by atomic mass is 10.3. The molecule has 2 aromatic rings. The number of rotatable bonds is 4. The third-order valence-corrected chi connectivity index (χ3v) is 5.61. The van der Waals surface area contributed by atoms with Gasteiger partial charge in [-0.2, -0.15) is 4.31 Å². The van der Waals surface area contributed by atoms with E-state index in [-0.39, 0.29) is 17.1 Å². The highest BCUT2D eigenvalue weighted by Crippen LogP contribution is 2.22. The molecular formula is C12H14FN3O2S2. The molecule has 1 aromatic carbocycles. The molecule has 108 valence electrons. The molecule has 0 unspecified atom stereocenters. The second-order valence-corrected chi connectivity index (χ2v) is 7.29. The van der Waals surface area contributed by atoms with Crippen molar-refractivity contribution in [1.82, 2.24) is 9.29 Å². The lowest BCUT2D eigenvalue weighted by Crippen LogP contribution is -2.26. The first-order valence-corrected chi connectivity index (χ1v) is 8.04. The van der Waals surface area contributed by atoms with Crippen LogP contribution in [0.15, 0.2) is 28.6 Å². The number of anilines is 1. The van der Waals surface area contributed by atoms with Crippen LogP contribution in [0.25, 0.3) is 0 Å². The molecule has 0 saturated carbocycles. The fourth-order valence-corrected chi connectivity index (χ4v) is 3.68. The molecule has 0 aliphatic rings. The Morgan fingerprint density at radius 1 is 1.45 bits per heavy atom. The normalized spacial score (nSPS) is 12.0. The van der Waals surface area contributed by atoms with Gasteiger partial charge in [0, 0.05) is 18.5 Å². The van der Waals surface area contributed by atoms with Gasteiger partial charge in [0.25, 0.3) is 0 Å². The smallest absolute Gasteiger partial charge is 0.243 e. The van der Waals surface area contributed by atoms with Gasteiger partial charge in [0.2, 0.25) is 10.0 Å². The monoisotopic (exact) mass is 315 g/mol. The Morgan fingerprint density at radius 2 is 2.15 bits per heavy atom. The van der Waals surface area contributed by atoms with Gasteiger partial charge >= 0.3 is 0 Å². The summed E-state index contributed by atoms with van der Waals surface area (Å²) >= 11 is 1.38. The first-order valence-electron chi connectivity index (χ1n) is 5.72. The van der Waals surface area contributed by atoms with Crippen LogP contribution in [0.1, 0.15) is 10.6 Å². The van der Waals surface area contributed by atoms with Crippen LogP contribution in [0, 0.1) is 12.7 Å². The average molecular weight is 315 g/mol. The Labute approximate surface area is 120 Å². The van der Waals surface area contributed by atoms with Crippen LogP contribution < -0.4 is 5.73 Å². The maximum Gasteiger partial charge on any atom is 0.243 e. The largest absolute Gasteiger partial charge is 0.396 e. The molecule has 0 amide bonds. The molecule has 0 aliphatic carbocycles. The molecule has 0 saturated heterocycles. The SMILES string of the molecule is Cc1ncsc1CN(C)S(=O)(=O)c1ccc(N)c(F)c1. The van der Waals surface area contributed by atoms with Gasteiger partial charge in [0.15, 0.2) is 0 Å². The van der Waals surface area contributed by atoms with Gasteiger partial charge in [-0.3, -0.25) is 0 Å². The zero-order chi connectivity index (χ0) is 14.9. The molecule has 2 rings (SSSR count). The van der Waals surface area contributed by atoms with Crippen molar-refractivity contribution in [2.24, 2.45) is 0 Å². The number of aromatic nitrogens is 1. The van der Waals surface area contributed by atoms with Crippen molar-refractivity contribution >= 4 is 27.0 Å². The Hall–Kier alpha value is -1.51. The highest BCUT2D eigenvalue weighted by Gasteiger charge is 2.23. The van der Waals surface area contributed by atoms with Crippen LogP contribution in [-0.2, 0) is 16.6 Å². The quantitative estimate of drug-likeness (QED) is 0.876. The number of nitrogen functional groups attached to an aromatic ring is 1. The van der Waals surface area contributed by atoms with Crippen LogP contribution in [0.3, 0.4) is 0 Å². The fourth-order valence-electron chi connectivity index (χ4n) is 1.61. The van der Waals surface area contributed by atoms with E-state index >= 15 is 0 Å². The number of aryl methyl sites for hydroxylation is 1. The molecule has 0 aliphatic heterocycles. The van der Waals surface area contributed by atoms with Crippen LogP contribution >= 0.6 is 11.3 Å². The van der Waals surface area contributed by atoms with E-state index in [0.717, 1.165) is 16.6 Å². The summed E-state index contributed by atoms with van der Waals surface area (Å²) in [5, 5.41) is 0. The molecule has 5 nitrogen and oxygen atoms in total. The summed E-state index contributed by atoms with van der Waals surface area (Å²) in [5.74, 6) is -0.742. The van der Waals surface area contributed by atoms with Crippen molar-refractivity contribution in [3.8, 4) is 0 Å². The van der Waals surface area contributed by atoms with Crippen LogP contribution in [0.5, 0.6) is 0 Å². The summed E-state index contributed by atoms with van der Waals surface area (Å²) in [6.07, 6.45) is 0. The number of thiazole rings is 1. The lowest BCUT2D eigenvalue weighted by molar-refractivity contribution is 0.468. The topological polar surface area (TPSA) is 76.3 Å². The van der Waals surface area contributed by atoms with E-state index in [0.29, 0.717) is 0 Å². The first-order chi connectivity index (χ1) is 9.32. The second kappa shape index (κ2) is 5.47. The summed E-state index contributed by atoms with van der Waals surface area (Å²) in [6, 6.07) is 3.47. The summed E-state index contributed by atoms with van der Waals surface area (Å²) < 4.78 is 39.2. The molecule has 0 fully saturated rings. The van der Waals surface area contributed by atoms with E-state index in [4.69, 9.17) is 5.73 Å². The van der Waals surface area contributed by atoms with Gasteiger partial charge in [0.05, 0.1) is 21.8 Å². The van der Waals surface area contributed by atoms with Crippen LogP contribution in [0.4, 0.5) is 10.1 Å². The summed E-state index contributed by atoms with van der Waals surface area (Å²) in [5.41, 5.74) is 7.72. The van der Waals surface area contributed by atoms with E-state index in [2.05, 4.69) is 4.98 Å². The average Bonchev–Trinajstić information content (AvgIpc) is 2.78. The van der Waals surface area contributed by atoms with E-state index in [1.54, 1.807) is 5.51 Å². The molecule has 0 atom stereocenters. The molecule has 20 heavy (non-hydrogen) atoms. The number of halogens is 1. The number of benzene rings is 1. The van der Waals surface area contributed by atoms with Crippen LogP contribution in [0.2, 0.25) is 0 Å². The minimum atomic E-state index is -3.75. The van der Waals surface area contributed by atoms with Crippen molar-refractivity contribution in [3.05, 3.63) is 40.1 Å². The van der Waals surface area contributed by atoms with E-state index < -0.39 is 15.8 Å². The second-order valence-electron chi connectivity index (χ2n) is 4.31.